The molecule has 2 fully saturated rings. The van der Waals surface area contributed by atoms with Crippen LogP contribution >= 0.6 is 0 Å². The van der Waals surface area contributed by atoms with Gasteiger partial charge in [0.25, 0.3) is 5.91 Å². The maximum atomic E-state index is 13.2. The van der Waals surface area contributed by atoms with Gasteiger partial charge in [0.2, 0.25) is 0 Å². The van der Waals surface area contributed by atoms with Crippen LogP contribution in [0.5, 0.6) is 0 Å². The van der Waals surface area contributed by atoms with Crippen molar-refractivity contribution < 1.29 is 19.4 Å². The zero-order chi connectivity index (χ0) is 29.3. The number of carbonyl (C=O) groups is 2. The number of carboxylic acid groups (broad SMARTS) is 1. The number of anilines is 1. The van der Waals surface area contributed by atoms with Crippen molar-refractivity contribution in [3.8, 4) is 11.3 Å². The van der Waals surface area contributed by atoms with Crippen molar-refractivity contribution in [2.45, 2.75) is 18.9 Å². The molecule has 2 aliphatic rings. The van der Waals surface area contributed by atoms with E-state index in [4.69, 9.17) is 14.7 Å². The maximum absolute atomic E-state index is 13.2. The number of rotatable bonds is 6. The lowest BCUT2D eigenvalue weighted by molar-refractivity contribution is -0.141. The van der Waals surface area contributed by atoms with Crippen LogP contribution < -0.4 is 4.90 Å². The summed E-state index contributed by atoms with van der Waals surface area (Å²) >= 11 is 0. The van der Waals surface area contributed by atoms with Crippen molar-refractivity contribution in [1.82, 2.24) is 24.5 Å². The SMILES string of the molecule is O=C(O)[C@@H]1CCCN1C(=O)c1ccc(-c2c(C=Cc3ccc4ccccc4n3)nc3c(N4CCOCC4)ccnn23)cc1. The Morgan fingerprint density at radius 1 is 0.907 bits per heavy atom. The van der Waals surface area contributed by atoms with Gasteiger partial charge in [-0.25, -0.2) is 19.3 Å². The summed E-state index contributed by atoms with van der Waals surface area (Å²) in [6, 6.07) is 20.5. The molecule has 2 aromatic carbocycles. The lowest BCUT2D eigenvalue weighted by Gasteiger charge is -2.28. The van der Waals surface area contributed by atoms with Gasteiger partial charge in [0.15, 0.2) is 5.65 Å². The minimum absolute atomic E-state index is 0.273. The Kier molecular flexibility index (Phi) is 7.04. The highest BCUT2D eigenvalue weighted by molar-refractivity contribution is 5.97. The van der Waals surface area contributed by atoms with Crippen LogP contribution in [-0.2, 0) is 9.53 Å². The molecule has 10 heteroatoms. The van der Waals surface area contributed by atoms with Crippen molar-refractivity contribution in [3.05, 3.63) is 89.9 Å². The molecule has 216 valence electrons. The van der Waals surface area contributed by atoms with E-state index in [9.17, 15) is 14.7 Å². The van der Waals surface area contributed by atoms with Crippen molar-refractivity contribution in [1.29, 1.82) is 0 Å². The van der Waals surface area contributed by atoms with Gasteiger partial charge < -0.3 is 19.6 Å². The Balaban J connectivity index is 1.29. The van der Waals surface area contributed by atoms with E-state index >= 15 is 0 Å². The minimum Gasteiger partial charge on any atom is -0.480 e. The molecule has 1 N–H and O–H groups in total. The van der Waals surface area contributed by atoms with Crippen LogP contribution in [0.2, 0.25) is 0 Å². The molecule has 7 rings (SSSR count). The second-order valence-corrected chi connectivity index (χ2v) is 10.7. The smallest absolute Gasteiger partial charge is 0.326 e. The Morgan fingerprint density at radius 3 is 2.53 bits per heavy atom. The summed E-state index contributed by atoms with van der Waals surface area (Å²) < 4.78 is 7.41. The third kappa shape index (κ3) is 5.10. The van der Waals surface area contributed by atoms with Gasteiger partial charge in [0.1, 0.15) is 11.7 Å². The number of ether oxygens (including phenoxy) is 1. The summed E-state index contributed by atoms with van der Waals surface area (Å²) in [6.45, 7) is 3.27. The fraction of sp³-hybridized carbons (Fsp3) is 0.242. The third-order valence-electron chi connectivity index (χ3n) is 8.11. The molecule has 1 amide bonds. The molecule has 10 nitrogen and oxygen atoms in total. The Bertz CT molecular complexity index is 1860. The molecule has 0 unspecified atom stereocenters. The number of pyridine rings is 1. The van der Waals surface area contributed by atoms with Crippen molar-refractivity contribution in [3.63, 3.8) is 0 Å². The van der Waals surface area contributed by atoms with Gasteiger partial charge in [-0.2, -0.15) is 5.10 Å². The van der Waals surface area contributed by atoms with Gasteiger partial charge >= 0.3 is 5.97 Å². The predicted octanol–water partition coefficient (Wildman–Crippen LogP) is 4.64. The fourth-order valence-corrected chi connectivity index (χ4v) is 5.93. The molecule has 0 bridgehead atoms. The second-order valence-electron chi connectivity index (χ2n) is 10.7. The number of hydrogen-bond acceptors (Lipinski definition) is 7. The number of benzene rings is 2. The number of nitrogens with zero attached hydrogens (tertiary/aromatic N) is 6. The van der Waals surface area contributed by atoms with E-state index < -0.39 is 12.0 Å². The molecular weight excluding hydrogens is 544 g/mol. The zero-order valence-electron chi connectivity index (χ0n) is 23.5. The topological polar surface area (TPSA) is 113 Å². The average Bonchev–Trinajstić information content (AvgIpc) is 3.69. The largest absolute Gasteiger partial charge is 0.480 e. The van der Waals surface area contributed by atoms with Crippen molar-refractivity contribution in [2.75, 3.05) is 37.7 Å². The third-order valence-corrected chi connectivity index (χ3v) is 8.11. The Labute approximate surface area is 247 Å². The average molecular weight is 575 g/mol. The lowest BCUT2D eigenvalue weighted by Crippen LogP contribution is -2.40. The number of carbonyl (C=O) groups excluding carboxylic acids is 1. The lowest BCUT2D eigenvalue weighted by atomic mass is 10.1. The number of amides is 1. The number of para-hydroxylation sites is 1. The number of fused-ring (bicyclic) bond motifs is 2. The number of aliphatic carboxylic acids is 1. The number of aromatic nitrogens is 4. The molecule has 0 saturated carbocycles. The van der Waals surface area contributed by atoms with E-state index in [1.807, 2.05) is 65.2 Å². The molecule has 2 aliphatic heterocycles. The summed E-state index contributed by atoms with van der Waals surface area (Å²) in [6.07, 6.45) is 6.83. The molecule has 0 spiro atoms. The molecule has 1 atom stereocenters. The van der Waals surface area contributed by atoms with Gasteiger partial charge in [-0.1, -0.05) is 36.4 Å². The van der Waals surface area contributed by atoms with Crippen LogP contribution in [0.15, 0.2) is 72.9 Å². The van der Waals surface area contributed by atoms with Crippen LogP contribution in [0.1, 0.15) is 34.6 Å². The molecule has 5 heterocycles. The summed E-state index contributed by atoms with van der Waals surface area (Å²) in [5.74, 6) is -1.24. The fourth-order valence-electron chi connectivity index (χ4n) is 5.93. The van der Waals surface area contributed by atoms with Crippen LogP contribution in [0.3, 0.4) is 0 Å². The van der Waals surface area contributed by atoms with Gasteiger partial charge in [-0.05, 0) is 55.3 Å². The summed E-state index contributed by atoms with van der Waals surface area (Å²) in [5.41, 5.74) is 6.21. The monoisotopic (exact) mass is 574 g/mol. The van der Waals surface area contributed by atoms with Gasteiger partial charge in [-0.3, -0.25) is 4.79 Å². The molecule has 0 aliphatic carbocycles. The van der Waals surface area contributed by atoms with E-state index in [1.165, 1.54) is 4.90 Å². The van der Waals surface area contributed by atoms with Gasteiger partial charge in [0.05, 0.1) is 42.0 Å². The van der Waals surface area contributed by atoms with Gasteiger partial charge in [0, 0.05) is 36.1 Å². The van der Waals surface area contributed by atoms with E-state index in [2.05, 4.69) is 16.1 Å². The van der Waals surface area contributed by atoms with Crippen molar-refractivity contribution >= 4 is 46.3 Å². The molecule has 43 heavy (non-hydrogen) atoms. The summed E-state index contributed by atoms with van der Waals surface area (Å²) in [4.78, 5) is 38.4. The second kappa shape index (κ2) is 11.3. The first-order valence-electron chi connectivity index (χ1n) is 14.5. The zero-order valence-corrected chi connectivity index (χ0v) is 23.5. The number of morpholine rings is 1. The van der Waals surface area contributed by atoms with Gasteiger partial charge in [-0.15, -0.1) is 0 Å². The standard InChI is InChI=1S/C33H30N6O4/c40-32(38-17-3-6-29(38)33(41)42)24-9-7-23(8-10-24)30-27(14-13-25-12-11-22-4-1-2-5-26(22)35-25)36-31-28(15-16-34-39(30)31)37-18-20-43-21-19-37/h1-2,4-5,7-16,29H,3,6,17-21H2,(H,41,42)/t29-/m0/s1. The van der Waals surface area contributed by atoms with E-state index in [0.29, 0.717) is 43.9 Å². The first-order valence-corrected chi connectivity index (χ1v) is 14.5. The maximum Gasteiger partial charge on any atom is 0.326 e. The first-order chi connectivity index (χ1) is 21.1. The number of likely N-dealkylation sites (tertiary alicyclic amines) is 1. The number of carboxylic acids is 1. The van der Waals surface area contributed by atoms with E-state index in [1.54, 1.807) is 18.3 Å². The summed E-state index contributed by atoms with van der Waals surface area (Å²) in [5, 5.41) is 15.3. The minimum atomic E-state index is -0.965. The number of hydrogen-bond donors (Lipinski definition) is 1. The Morgan fingerprint density at radius 2 is 1.72 bits per heavy atom. The van der Waals surface area contributed by atoms with Crippen LogP contribution in [0, 0.1) is 0 Å². The molecule has 0 radical (unpaired) electrons. The molecule has 2 saturated heterocycles. The highest BCUT2D eigenvalue weighted by Gasteiger charge is 2.34. The molecule has 5 aromatic rings. The predicted molar refractivity (Wildman–Crippen MR) is 164 cm³/mol. The highest BCUT2D eigenvalue weighted by atomic mass is 16.5. The number of imidazole rings is 1. The summed E-state index contributed by atoms with van der Waals surface area (Å²) in [7, 11) is 0. The molecular formula is C33H30N6O4. The van der Waals surface area contributed by atoms with E-state index in [-0.39, 0.29) is 5.91 Å². The first kappa shape index (κ1) is 26.8. The van der Waals surface area contributed by atoms with Crippen LogP contribution in [0.25, 0.3) is 40.0 Å². The van der Waals surface area contributed by atoms with Crippen LogP contribution in [-0.4, -0.2) is 80.4 Å². The van der Waals surface area contributed by atoms with Crippen LogP contribution in [0.4, 0.5) is 5.69 Å². The highest BCUT2D eigenvalue weighted by Crippen LogP contribution is 2.31. The quantitative estimate of drug-likeness (QED) is 0.312. The van der Waals surface area contributed by atoms with E-state index in [0.717, 1.165) is 52.3 Å². The normalized spacial score (nSPS) is 17.3. The van der Waals surface area contributed by atoms with Crippen molar-refractivity contribution in [2.24, 2.45) is 0 Å². The Hall–Kier alpha value is -5.09. The molecule has 3 aromatic heterocycles.